The minimum Gasteiger partial charge on any atom is -0.491 e. The molecule has 1 atom stereocenters. The Hall–Kier alpha value is -2.94. The van der Waals surface area contributed by atoms with Crippen molar-refractivity contribution >= 4 is 11.9 Å². The number of halogens is 1. The highest BCUT2D eigenvalue weighted by Gasteiger charge is 2.17. The molecule has 1 aromatic carbocycles. The molecule has 0 aliphatic carbocycles. The molecule has 0 saturated carbocycles. The second-order valence-corrected chi connectivity index (χ2v) is 5.92. The van der Waals surface area contributed by atoms with Crippen LogP contribution in [0.2, 0.25) is 0 Å². The summed E-state index contributed by atoms with van der Waals surface area (Å²) in [6.07, 6.45) is 0.574. The van der Waals surface area contributed by atoms with Crippen LogP contribution in [0.25, 0.3) is 0 Å². The van der Waals surface area contributed by atoms with E-state index in [2.05, 4.69) is 15.5 Å². The minimum absolute atomic E-state index is 0.156. The summed E-state index contributed by atoms with van der Waals surface area (Å²) in [5, 5.41) is 17.2. The highest BCUT2D eigenvalue weighted by atomic mass is 19.1. The number of amides is 1. The van der Waals surface area contributed by atoms with Crippen molar-refractivity contribution in [3.05, 3.63) is 47.0 Å². The number of ether oxygens (including phenoxy) is 1. The van der Waals surface area contributed by atoms with Crippen molar-refractivity contribution in [2.24, 2.45) is 5.73 Å². The Morgan fingerprint density at radius 3 is 2.63 bits per heavy atom. The summed E-state index contributed by atoms with van der Waals surface area (Å²) in [7, 11) is 0. The number of carbonyl (C=O) groups excluding carboxylic acids is 1. The van der Waals surface area contributed by atoms with Gasteiger partial charge in [-0.05, 0) is 38.1 Å². The molecule has 2 rings (SSSR count). The van der Waals surface area contributed by atoms with Gasteiger partial charge in [-0.15, -0.1) is 0 Å². The molecule has 0 aliphatic heterocycles. The molecule has 1 aromatic heterocycles. The van der Waals surface area contributed by atoms with E-state index in [4.69, 9.17) is 20.4 Å². The number of aliphatic carboxylic acids is 1. The van der Waals surface area contributed by atoms with Gasteiger partial charge in [0.05, 0.1) is 11.3 Å². The number of nitrogens with one attached hydrogen (secondary N) is 2. The number of aromatic amines is 1. The van der Waals surface area contributed by atoms with E-state index in [1.54, 1.807) is 0 Å². The van der Waals surface area contributed by atoms with Gasteiger partial charge in [0, 0.05) is 31.6 Å². The summed E-state index contributed by atoms with van der Waals surface area (Å²) in [5.41, 5.74) is 7.36. The van der Waals surface area contributed by atoms with Crippen LogP contribution in [0.3, 0.4) is 0 Å². The number of aryl methyl sites for hydroxylation is 1. The molecule has 5 N–H and O–H groups in total. The quantitative estimate of drug-likeness (QED) is 0.578. The van der Waals surface area contributed by atoms with Gasteiger partial charge >= 0.3 is 0 Å². The Morgan fingerprint density at radius 2 is 2.07 bits per heavy atom. The maximum Gasteiger partial charge on any atom is 0.300 e. The topological polar surface area (TPSA) is 130 Å². The van der Waals surface area contributed by atoms with Gasteiger partial charge in [0.2, 0.25) is 0 Å². The first-order valence-corrected chi connectivity index (χ1v) is 8.36. The third-order valence-electron chi connectivity index (χ3n) is 3.21. The van der Waals surface area contributed by atoms with Crippen molar-refractivity contribution < 1.29 is 23.8 Å². The van der Waals surface area contributed by atoms with E-state index >= 15 is 0 Å². The monoisotopic (exact) mass is 380 g/mol. The highest BCUT2D eigenvalue weighted by molar-refractivity contribution is 5.97. The first-order chi connectivity index (χ1) is 12.7. The second kappa shape index (κ2) is 10.9. The fourth-order valence-electron chi connectivity index (χ4n) is 2.22. The third kappa shape index (κ3) is 8.32. The maximum absolute atomic E-state index is 13.4. The van der Waals surface area contributed by atoms with E-state index in [0.29, 0.717) is 18.7 Å². The number of hydrogen-bond donors (Lipinski definition) is 4. The van der Waals surface area contributed by atoms with E-state index in [0.717, 1.165) is 24.4 Å². The fourth-order valence-corrected chi connectivity index (χ4v) is 2.22. The van der Waals surface area contributed by atoms with Crippen LogP contribution in [-0.4, -0.2) is 46.4 Å². The van der Waals surface area contributed by atoms with Crippen molar-refractivity contribution in [3.8, 4) is 5.75 Å². The lowest BCUT2D eigenvalue weighted by Gasteiger charge is -2.15. The van der Waals surface area contributed by atoms with Gasteiger partial charge in [0.15, 0.2) is 0 Å². The van der Waals surface area contributed by atoms with Crippen LogP contribution >= 0.6 is 0 Å². The lowest BCUT2D eigenvalue weighted by Crippen LogP contribution is -2.34. The van der Waals surface area contributed by atoms with Crippen molar-refractivity contribution in [2.75, 3.05) is 13.2 Å². The molecule has 1 amide bonds. The molecule has 27 heavy (non-hydrogen) atoms. The number of carboxylic acids is 1. The minimum atomic E-state index is -0.833. The Bertz CT molecular complexity index is 760. The molecule has 0 spiro atoms. The van der Waals surface area contributed by atoms with Gasteiger partial charge in [-0.3, -0.25) is 14.7 Å². The van der Waals surface area contributed by atoms with Gasteiger partial charge in [-0.1, -0.05) is 0 Å². The van der Waals surface area contributed by atoms with Crippen LogP contribution in [0.15, 0.2) is 24.3 Å². The normalized spacial score (nSPS) is 11.1. The van der Waals surface area contributed by atoms with Gasteiger partial charge in [0.25, 0.3) is 11.9 Å². The predicted molar refractivity (Wildman–Crippen MR) is 98.2 cm³/mol. The zero-order chi connectivity index (χ0) is 20.4. The summed E-state index contributed by atoms with van der Waals surface area (Å²) < 4.78 is 18.8. The molecule has 0 radical (unpaired) electrons. The standard InChI is InChI=1S/C16H21FN4O2.C2H4O2/c1-10(7-13-8-11(2)20-21-13)19-16(22)14-9-12(17)3-4-15(14)23-6-5-18;1-2(3)4/h3-4,8-10H,5-7,18H2,1-2H3,(H,19,22)(H,20,21);1H3,(H,3,4). The van der Waals surface area contributed by atoms with Crippen molar-refractivity contribution in [2.45, 2.75) is 33.2 Å². The van der Waals surface area contributed by atoms with Crippen LogP contribution < -0.4 is 15.8 Å². The number of rotatable bonds is 7. The molecule has 0 aliphatic rings. The summed E-state index contributed by atoms with van der Waals surface area (Å²) >= 11 is 0. The number of benzene rings is 1. The molecule has 2 aromatic rings. The molecule has 9 heteroatoms. The van der Waals surface area contributed by atoms with E-state index in [-0.39, 0.29) is 18.2 Å². The number of nitrogens with two attached hydrogens (primary N) is 1. The van der Waals surface area contributed by atoms with Crippen molar-refractivity contribution in [1.82, 2.24) is 15.5 Å². The lowest BCUT2D eigenvalue weighted by atomic mass is 10.1. The maximum atomic E-state index is 13.4. The number of H-pyrrole nitrogens is 1. The molecule has 148 valence electrons. The molecular formula is C18H25FN4O4. The zero-order valence-electron chi connectivity index (χ0n) is 15.6. The van der Waals surface area contributed by atoms with Gasteiger partial charge in [-0.25, -0.2) is 4.39 Å². The number of hydrogen-bond acceptors (Lipinski definition) is 5. The average Bonchev–Trinajstić information content (AvgIpc) is 2.97. The van der Waals surface area contributed by atoms with Gasteiger partial charge in [0.1, 0.15) is 18.2 Å². The predicted octanol–water partition coefficient (Wildman–Crippen LogP) is 1.65. The van der Waals surface area contributed by atoms with Crippen LogP contribution in [0.1, 0.15) is 35.6 Å². The molecule has 1 heterocycles. The molecule has 0 fully saturated rings. The summed E-state index contributed by atoms with van der Waals surface area (Å²) in [6, 6.07) is 5.60. The third-order valence-corrected chi connectivity index (χ3v) is 3.21. The first-order valence-electron chi connectivity index (χ1n) is 8.36. The second-order valence-electron chi connectivity index (χ2n) is 5.92. The Balaban J connectivity index is 0.000000828. The number of nitrogens with zero attached hydrogens (tertiary/aromatic N) is 1. The average molecular weight is 380 g/mol. The number of aromatic nitrogens is 2. The van der Waals surface area contributed by atoms with E-state index < -0.39 is 17.7 Å². The summed E-state index contributed by atoms with van der Waals surface area (Å²) in [5.74, 6) is -1.40. The molecule has 8 nitrogen and oxygen atoms in total. The zero-order valence-corrected chi connectivity index (χ0v) is 15.6. The smallest absolute Gasteiger partial charge is 0.300 e. The van der Waals surface area contributed by atoms with Gasteiger partial charge in [-0.2, -0.15) is 5.10 Å². The highest BCUT2D eigenvalue weighted by Crippen LogP contribution is 2.20. The molecular weight excluding hydrogens is 355 g/mol. The molecule has 1 unspecified atom stereocenters. The van der Waals surface area contributed by atoms with E-state index in [1.165, 1.54) is 12.1 Å². The summed E-state index contributed by atoms with van der Waals surface area (Å²) in [4.78, 5) is 21.4. The largest absolute Gasteiger partial charge is 0.491 e. The number of carboxylic acid groups (broad SMARTS) is 1. The molecule has 0 bridgehead atoms. The first kappa shape index (κ1) is 22.1. The van der Waals surface area contributed by atoms with E-state index in [9.17, 15) is 9.18 Å². The van der Waals surface area contributed by atoms with Crippen LogP contribution in [0, 0.1) is 12.7 Å². The van der Waals surface area contributed by atoms with Crippen LogP contribution in [0.4, 0.5) is 4.39 Å². The van der Waals surface area contributed by atoms with Crippen molar-refractivity contribution in [3.63, 3.8) is 0 Å². The summed E-state index contributed by atoms with van der Waals surface area (Å²) in [6.45, 7) is 5.43. The van der Waals surface area contributed by atoms with Crippen molar-refractivity contribution in [1.29, 1.82) is 0 Å². The Morgan fingerprint density at radius 1 is 1.41 bits per heavy atom. The Kier molecular flexibility index (Phi) is 8.94. The SMILES string of the molecule is CC(=O)O.Cc1cc(CC(C)NC(=O)c2cc(F)ccc2OCCN)n[nH]1. The lowest BCUT2D eigenvalue weighted by molar-refractivity contribution is -0.134. The molecule has 0 saturated heterocycles. The Labute approximate surface area is 156 Å². The van der Waals surface area contributed by atoms with Crippen LogP contribution in [0.5, 0.6) is 5.75 Å². The van der Waals surface area contributed by atoms with Gasteiger partial charge < -0.3 is 20.9 Å². The van der Waals surface area contributed by atoms with Crippen LogP contribution in [-0.2, 0) is 11.2 Å². The fraction of sp³-hybridized carbons (Fsp3) is 0.389. The number of carbonyl (C=O) groups is 2. The van der Waals surface area contributed by atoms with E-state index in [1.807, 2.05) is 19.9 Å².